The van der Waals surface area contributed by atoms with Crippen molar-refractivity contribution in [2.24, 2.45) is 0 Å². The molecule has 1 aromatic carbocycles. The Bertz CT molecular complexity index is 551. The molecule has 5 nitrogen and oxygen atoms in total. The van der Waals surface area contributed by atoms with E-state index < -0.39 is 0 Å². The van der Waals surface area contributed by atoms with Gasteiger partial charge in [-0.25, -0.2) is 0 Å². The van der Waals surface area contributed by atoms with E-state index >= 15 is 0 Å². The number of anilines is 1. The van der Waals surface area contributed by atoms with Crippen molar-refractivity contribution in [3.8, 4) is 0 Å². The molecule has 0 radical (unpaired) electrons. The lowest BCUT2D eigenvalue weighted by atomic mass is 10.1. The van der Waals surface area contributed by atoms with Gasteiger partial charge in [0, 0.05) is 25.2 Å². The zero-order valence-electron chi connectivity index (χ0n) is 13.4. The number of nitrogens with zero attached hydrogens (tertiary/aromatic N) is 1. The highest BCUT2D eigenvalue weighted by atomic mass is 35.5. The van der Waals surface area contributed by atoms with Gasteiger partial charge in [-0.15, -0.1) is 12.4 Å². The highest BCUT2D eigenvalue weighted by Gasteiger charge is 2.30. The van der Waals surface area contributed by atoms with Gasteiger partial charge in [-0.1, -0.05) is 12.1 Å². The maximum atomic E-state index is 12.0. The van der Waals surface area contributed by atoms with Gasteiger partial charge in [0.25, 0.3) is 0 Å². The second-order valence-electron chi connectivity index (χ2n) is 6.21. The molecule has 0 spiro atoms. The third kappa shape index (κ3) is 4.69. The number of rotatable bonds is 5. The number of halogens is 1. The number of hydrogen-bond donors (Lipinski definition) is 2. The van der Waals surface area contributed by atoms with Crippen LogP contribution >= 0.6 is 12.4 Å². The quantitative estimate of drug-likeness (QED) is 0.866. The zero-order chi connectivity index (χ0) is 15.5. The largest absolute Gasteiger partial charge is 0.336 e. The average molecular weight is 338 g/mol. The minimum Gasteiger partial charge on any atom is -0.336 e. The molecule has 1 saturated carbocycles. The minimum absolute atomic E-state index is 0. The van der Waals surface area contributed by atoms with Crippen LogP contribution in [-0.2, 0) is 16.1 Å². The highest BCUT2D eigenvalue weighted by Crippen LogP contribution is 2.28. The van der Waals surface area contributed by atoms with Gasteiger partial charge in [-0.2, -0.15) is 0 Å². The van der Waals surface area contributed by atoms with E-state index in [0.717, 1.165) is 43.5 Å². The molecule has 2 amide bonds. The standard InChI is InChI=1S/C17H23N3O2.ClH/c1-12(21)20(15-8-9-15)11-13-4-6-14(7-5-13)19-17(22)16-3-2-10-18-16;/h4-7,15-16,18H,2-3,8-11H2,1H3,(H,19,22);1H. The molecule has 2 N–H and O–H groups in total. The van der Waals surface area contributed by atoms with Crippen LogP contribution in [0, 0.1) is 0 Å². The van der Waals surface area contributed by atoms with Crippen LogP contribution in [0.3, 0.4) is 0 Å². The Labute approximate surface area is 143 Å². The summed E-state index contributed by atoms with van der Waals surface area (Å²) in [5.74, 6) is 0.167. The van der Waals surface area contributed by atoms with Gasteiger partial charge >= 0.3 is 0 Å². The highest BCUT2D eigenvalue weighted by molar-refractivity contribution is 5.95. The Hall–Kier alpha value is -1.59. The molecule has 1 aliphatic heterocycles. The maximum Gasteiger partial charge on any atom is 0.241 e. The molecule has 1 heterocycles. The van der Waals surface area contributed by atoms with Crippen LogP contribution in [0.1, 0.15) is 38.2 Å². The van der Waals surface area contributed by atoms with Crippen molar-refractivity contribution < 1.29 is 9.59 Å². The lowest BCUT2D eigenvalue weighted by molar-refractivity contribution is -0.130. The fourth-order valence-electron chi connectivity index (χ4n) is 2.91. The van der Waals surface area contributed by atoms with E-state index in [1.807, 2.05) is 29.2 Å². The summed E-state index contributed by atoms with van der Waals surface area (Å²) in [5, 5.41) is 6.13. The molecule has 6 heteroatoms. The maximum absolute atomic E-state index is 12.0. The van der Waals surface area contributed by atoms with Crippen molar-refractivity contribution >= 4 is 29.9 Å². The van der Waals surface area contributed by atoms with E-state index in [4.69, 9.17) is 0 Å². The van der Waals surface area contributed by atoms with Crippen LogP contribution in [-0.4, -0.2) is 35.3 Å². The molecule has 3 rings (SSSR count). The van der Waals surface area contributed by atoms with E-state index in [0.29, 0.717) is 12.6 Å². The molecular formula is C17H24ClN3O2. The molecule has 126 valence electrons. The van der Waals surface area contributed by atoms with Gasteiger partial charge < -0.3 is 15.5 Å². The van der Waals surface area contributed by atoms with Crippen LogP contribution in [0.4, 0.5) is 5.69 Å². The first-order valence-corrected chi connectivity index (χ1v) is 8.04. The van der Waals surface area contributed by atoms with Crippen LogP contribution in [0.25, 0.3) is 0 Å². The van der Waals surface area contributed by atoms with Crippen LogP contribution in [0.15, 0.2) is 24.3 Å². The molecular weight excluding hydrogens is 314 g/mol. The zero-order valence-corrected chi connectivity index (χ0v) is 14.2. The van der Waals surface area contributed by atoms with Gasteiger partial charge in [0.1, 0.15) is 0 Å². The van der Waals surface area contributed by atoms with E-state index in [2.05, 4.69) is 10.6 Å². The average Bonchev–Trinajstić information content (AvgIpc) is 3.18. The third-order valence-electron chi connectivity index (χ3n) is 4.34. The van der Waals surface area contributed by atoms with Crippen LogP contribution in [0.5, 0.6) is 0 Å². The van der Waals surface area contributed by atoms with E-state index in [9.17, 15) is 9.59 Å². The SMILES string of the molecule is CC(=O)N(Cc1ccc(NC(=O)C2CCCN2)cc1)C1CC1.Cl. The van der Waals surface area contributed by atoms with E-state index in [1.54, 1.807) is 6.92 Å². The molecule has 0 bridgehead atoms. The summed E-state index contributed by atoms with van der Waals surface area (Å²) in [4.78, 5) is 25.6. The van der Waals surface area contributed by atoms with Crippen molar-refractivity contribution in [2.45, 2.75) is 51.2 Å². The van der Waals surface area contributed by atoms with Gasteiger partial charge in [0.15, 0.2) is 0 Å². The van der Waals surface area contributed by atoms with Crippen molar-refractivity contribution in [3.63, 3.8) is 0 Å². The summed E-state index contributed by atoms with van der Waals surface area (Å²) in [6, 6.07) is 8.14. The molecule has 1 saturated heterocycles. The summed E-state index contributed by atoms with van der Waals surface area (Å²) in [5.41, 5.74) is 1.90. The summed E-state index contributed by atoms with van der Waals surface area (Å²) < 4.78 is 0. The van der Waals surface area contributed by atoms with Crippen molar-refractivity contribution in [1.82, 2.24) is 10.2 Å². The topological polar surface area (TPSA) is 61.4 Å². The summed E-state index contributed by atoms with van der Waals surface area (Å²) >= 11 is 0. The monoisotopic (exact) mass is 337 g/mol. The fourth-order valence-corrected chi connectivity index (χ4v) is 2.91. The molecule has 1 unspecified atom stereocenters. The summed E-state index contributed by atoms with van der Waals surface area (Å²) in [6.45, 7) is 3.19. The molecule has 0 aromatic heterocycles. The molecule has 1 atom stereocenters. The molecule has 2 aliphatic rings. The van der Waals surface area contributed by atoms with Gasteiger partial charge in [-0.05, 0) is 49.9 Å². The first-order chi connectivity index (χ1) is 10.6. The number of amides is 2. The van der Waals surface area contributed by atoms with E-state index in [-0.39, 0.29) is 30.3 Å². The normalized spacial score (nSPS) is 19.8. The molecule has 1 aromatic rings. The molecule has 1 aliphatic carbocycles. The Morgan fingerprint density at radius 3 is 2.43 bits per heavy atom. The number of carbonyl (C=O) groups excluding carboxylic acids is 2. The van der Waals surface area contributed by atoms with Gasteiger partial charge in [0.2, 0.25) is 11.8 Å². The number of nitrogens with one attached hydrogen (secondary N) is 2. The first-order valence-electron chi connectivity index (χ1n) is 8.04. The smallest absolute Gasteiger partial charge is 0.241 e. The lowest BCUT2D eigenvalue weighted by Gasteiger charge is -2.20. The molecule has 2 fully saturated rings. The Morgan fingerprint density at radius 1 is 1.22 bits per heavy atom. The van der Waals surface area contributed by atoms with Gasteiger partial charge in [0.05, 0.1) is 6.04 Å². The predicted octanol–water partition coefficient (Wildman–Crippen LogP) is 2.31. The minimum atomic E-state index is -0.0669. The second kappa shape index (κ2) is 7.79. The molecule has 23 heavy (non-hydrogen) atoms. The Kier molecular flexibility index (Phi) is 6.02. The number of hydrogen-bond acceptors (Lipinski definition) is 3. The second-order valence-corrected chi connectivity index (χ2v) is 6.21. The van der Waals surface area contributed by atoms with Crippen LogP contribution < -0.4 is 10.6 Å². The van der Waals surface area contributed by atoms with Crippen molar-refractivity contribution in [1.29, 1.82) is 0 Å². The predicted molar refractivity (Wildman–Crippen MR) is 92.6 cm³/mol. The number of benzene rings is 1. The first kappa shape index (κ1) is 17.8. The fraction of sp³-hybridized carbons (Fsp3) is 0.529. The van der Waals surface area contributed by atoms with Crippen LogP contribution in [0.2, 0.25) is 0 Å². The number of carbonyl (C=O) groups is 2. The lowest BCUT2D eigenvalue weighted by Crippen LogP contribution is -2.35. The Balaban J connectivity index is 0.00000192. The summed E-state index contributed by atoms with van der Waals surface area (Å²) in [6.07, 6.45) is 4.18. The van der Waals surface area contributed by atoms with Crippen molar-refractivity contribution in [3.05, 3.63) is 29.8 Å². The summed E-state index contributed by atoms with van der Waals surface area (Å²) in [7, 11) is 0. The Morgan fingerprint density at radius 2 is 1.91 bits per heavy atom. The van der Waals surface area contributed by atoms with Crippen molar-refractivity contribution in [2.75, 3.05) is 11.9 Å². The van der Waals surface area contributed by atoms with E-state index in [1.165, 1.54) is 0 Å². The van der Waals surface area contributed by atoms with Gasteiger partial charge in [-0.3, -0.25) is 9.59 Å². The third-order valence-corrected chi connectivity index (χ3v) is 4.34.